The summed E-state index contributed by atoms with van der Waals surface area (Å²) in [6.45, 7) is 0. The second kappa shape index (κ2) is 5.18. The lowest BCUT2D eigenvalue weighted by atomic mass is 10.8. The largest absolute Gasteiger partial charge is 0.393 e. The first kappa shape index (κ1) is 6.18. The van der Waals surface area contributed by atoms with E-state index in [9.17, 15) is 0 Å². The van der Waals surface area contributed by atoms with Gasteiger partial charge in [-0.25, -0.2) is 0 Å². The van der Waals surface area contributed by atoms with E-state index in [0.717, 1.165) is 0 Å². The molecule has 29 valence electrons. The molecule has 0 aliphatic rings. The minimum absolute atomic E-state index is 0.308. The van der Waals surface area contributed by atoms with Crippen LogP contribution in [0.1, 0.15) is 0 Å². The minimum Gasteiger partial charge on any atom is -0.393 e. The molecule has 1 radical (unpaired) electrons. The second-order valence-electron chi connectivity index (χ2n) is 0.471. The van der Waals surface area contributed by atoms with Crippen molar-refractivity contribution in [3.8, 4) is 0 Å². The zero-order valence-corrected chi connectivity index (χ0v) is 5.77. The zero-order valence-electron chi connectivity index (χ0n) is 2.61. The number of hydrogen-bond donors (Lipinski definition) is 1. The normalized spacial score (nSPS) is 10.0. The summed E-state index contributed by atoms with van der Waals surface area (Å²) in [6, 6.07) is 0. The number of aliphatic hydroxyl groups is 1. The van der Waals surface area contributed by atoms with Crippen LogP contribution in [0.15, 0.2) is 0 Å². The van der Waals surface area contributed by atoms with E-state index < -0.39 is 0 Å². The molecule has 1 N–H and O–H groups in total. The molecule has 0 amide bonds. The topological polar surface area (TPSA) is 20.2 Å². The summed E-state index contributed by atoms with van der Waals surface area (Å²) in [5.41, 5.74) is 0. The Morgan fingerprint density at radius 2 is 2.60 bits per heavy atom. The van der Waals surface area contributed by atoms with Crippen LogP contribution in [0.25, 0.3) is 0 Å². The fourth-order valence-electron chi connectivity index (χ4n) is 0.0345. The molecule has 0 aromatic rings. The van der Waals surface area contributed by atoms with Crippen molar-refractivity contribution in [2.24, 2.45) is 0 Å². The Bertz CT molecular complexity index is 19.1. The lowest BCUT2D eigenvalue weighted by Gasteiger charge is -1.76. The van der Waals surface area contributed by atoms with Crippen molar-refractivity contribution in [2.75, 3.05) is 6.35 Å². The van der Waals surface area contributed by atoms with E-state index in [2.05, 4.69) is 22.4 Å². The molecular weight excluding hydrogens is 197 g/mol. The molecule has 0 aliphatic carbocycles. The van der Waals surface area contributed by atoms with Gasteiger partial charge in [0.25, 0.3) is 0 Å². The van der Waals surface area contributed by atoms with Crippen molar-refractivity contribution in [1.29, 1.82) is 0 Å². The Labute approximate surface area is 47.4 Å². The molecule has 0 bridgehead atoms. The number of rotatable bonds is 2. The first-order valence-corrected chi connectivity index (χ1v) is 3.71. The molecule has 4 heteroatoms. The maximum Gasteiger partial charge on any atom is 0.232 e. The van der Waals surface area contributed by atoms with E-state index >= 15 is 0 Å². The maximum absolute atomic E-state index is 8.04. The molecule has 0 heterocycles. The van der Waals surface area contributed by atoms with Crippen molar-refractivity contribution in [3.05, 3.63) is 0 Å². The standard InChI is InChI=1S/CH4BIOP/c3-2-5-1-4/h4-5H,1H2. The van der Waals surface area contributed by atoms with Gasteiger partial charge in [-0.3, -0.25) is 0 Å². The van der Waals surface area contributed by atoms with Crippen molar-refractivity contribution in [1.82, 2.24) is 0 Å². The second-order valence-corrected chi connectivity index (χ2v) is 3.28. The Hall–Kier alpha value is 1.18. The van der Waals surface area contributed by atoms with E-state index in [1.807, 2.05) is 4.86 Å². The third-order valence-corrected chi connectivity index (χ3v) is 1.83. The van der Waals surface area contributed by atoms with E-state index in [1.165, 1.54) is 0 Å². The average molecular weight is 201 g/mol. The molecule has 1 atom stereocenters. The lowest BCUT2D eigenvalue weighted by molar-refractivity contribution is 0.374. The molecule has 0 aliphatic heterocycles. The summed E-state index contributed by atoms with van der Waals surface area (Å²) < 4.78 is 0. The molecule has 0 aromatic carbocycles. The summed E-state index contributed by atoms with van der Waals surface area (Å²) in [5, 5.41) is 8.04. The predicted octanol–water partition coefficient (Wildman–Crippen LogP) is 0.584. The van der Waals surface area contributed by atoms with Gasteiger partial charge in [0.05, 0.1) is 6.35 Å². The predicted molar refractivity (Wildman–Crippen MR) is 35.2 cm³/mol. The van der Waals surface area contributed by atoms with Gasteiger partial charge in [0.15, 0.2) is 0 Å². The molecule has 1 nitrogen and oxygen atoms in total. The lowest BCUT2D eigenvalue weighted by Crippen LogP contribution is -1.66. The van der Waals surface area contributed by atoms with Gasteiger partial charge in [-0.15, -0.1) is 8.46 Å². The number of halogens is 1. The first-order valence-electron chi connectivity index (χ1n) is 1.18. The summed E-state index contributed by atoms with van der Waals surface area (Å²) in [4.78, 5) is 1.93. The van der Waals surface area contributed by atoms with Crippen LogP contribution < -0.4 is 0 Å². The Morgan fingerprint density at radius 3 is 2.60 bits per heavy atom. The van der Waals surface area contributed by atoms with Crippen LogP contribution in [-0.2, 0) is 0 Å². The highest BCUT2D eigenvalue weighted by Crippen LogP contribution is 2.05. The van der Waals surface area contributed by atoms with Crippen molar-refractivity contribution in [3.63, 3.8) is 0 Å². The average Bonchev–Trinajstić information content (AvgIpc) is 1.41. The Morgan fingerprint density at radius 1 is 2.00 bits per heavy atom. The molecule has 5 heavy (non-hydrogen) atoms. The Balaban J connectivity index is 2.19. The van der Waals surface area contributed by atoms with Crippen LogP contribution in [-0.4, -0.2) is 16.3 Å². The van der Waals surface area contributed by atoms with Gasteiger partial charge in [-0.05, 0) is 0 Å². The van der Waals surface area contributed by atoms with Crippen LogP contribution in [0.4, 0.5) is 0 Å². The van der Waals surface area contributed by atoms with Crippen LogP contribution in [0.5, 0.6) is 0 Å². The van der Waals surface area contributed by atoms with E-state index in [4.69, 9.17) is 5.11 Å². The monoisotopic (exact) mass is 201 g/mol. The summed E-state index contributed by atoms with van der Waals surface area (Å²) in [5.74, 6) is 0. The molecule has 0 aromatic heterocycles. The molecule has 0 fully saturated rings. The van der Waals surface area contributed by atoms with Crippen LogP contribution in [0.2, 0.25) is 0 Å². The number of hydrogen-bond acceptors (Lipinski definition) is 1. The highest BCUT2D eigenvalue weighted by molar-refractivity contribution is 14.1. The fraction of sp³-hybridized carbons (Fsp3) is 1.00. The molecule has 0 spiro atoms. The van der Waals surface area contributed by atoms with Gasteiger partial charge in [0, 0.05) is 0 Å². The van der Waals surface area contributed by atoms with Crippen molar-refractivity contribution in [2.45, 2.75) is 0 Å². The third kappa shape index (κ3) is 5.18. The minimum atomic E-state index is 0.308. The highest BCUT2D eigenvalue weighted by Gasteiger charge is 1.74. The van der Waals surface area contributed by atoms with Gasteiger partial charge >= 0.3 is 0 Å². The summed E-state index contributed by atoms with van der Waals surface area (Å²) in [6.07, 6.45) is 0.308. The van der Waals surface area contributed by atoms with Crippen LogP contribution in [0.3, 0.4) is 0 Å². The van der Waals surface area contributed by atoms with Gasteiger partial charge in [0.1, 0.15) is 0 Å². The summed E-state index contributed by atoms with van der Waals surface area (Å²) in [7, 11) is 0.615. The van der Waals surface area contributed by atoms with Gasteiger partial charge < -0.3 is 5.11 Å². The molecule has 0 saturated heterocycles. The maximum atomic E-state index is 8.04. The van der Waals surface area contributed by atoms with Gasteiger partial charge in [-0.2, -0.15) is 22.4 Å². The summed E-state index contributed by atoms with van der Waals surface area (Å²) >= 11 is 2.11. The van der Waals surface area contributed by atoms with E-state index in [0.29, 0.717) is 14.8 Å². The Kier molecular flexibility index (Phi) is 6.41. The highest BCUT2D eigenvalue weighted by atomic mass is 127. The van der Waals surface area contributed by atoms with E-state index in [1.54, 1.807) is 0 Å². The smallest absolute Gasteiger partial charge is 0.232 e. The molecule has 0 rings (SSSR count). The third-order valence-electron chi connectivity index (χ3n) is 0.168. The number of aliphatic hydroxyl groups excluding tert-OH is 1. The van der Waals surface area contributed by atoms with Crippen molar-refractivity contribution >= 4 is 35.7 Å². The SMILES string of the molecule is OCP[B]I. The molecule has 1 unspecified atom stereocenters. The van der Waals surface area contributed by atoms with Crippen LogP contribution in [0, 0.1) is 0 Å². The van der Waals surface area contributed by atoms with E-state index in [-0.39, 0.29) is 0 Å². The van der Waals surface area contributed by atoms with Crippen molar-refractivity contribution < 1.29 is 5.11 Å². The fourth-order valence-corrected chi connectivity index (χ4v) is 0.694. The van der Waals surface area contributed by atoms with Crippen LogP contribution >= 0.6 is 30.8 Å². The quantitative estimate of drug-likeness (QED) is 0.393. The van der Waals surface area contributed by atoms with Gasteiger partial charge in [-0.1, -0.05) is 0 Å². The zero-order chi connectivity index (χ0) is 4.12. The molecular formula is CH4BIOP. The first-order chi connectivity index (χ1) is 2.41. The van der Waals surface area contributed by atoms with Gasteiger partial charge in [0.2, 0.25) is 4.86 Å². The molecule has 0 saturated carbocycles.